The molecule has 2 aromatic rings. The van der Waals surface area contributed by atoms with Crippen molar-refractivity contribution in [1.29, 1.82) is 0 Å². The number of hydrogen-bond acceptors (Lipinski definition) is 2. The molecule has 2 rings (SSSR count). The van der Waals surface area contributed by atoms with Crippen molar-refractivity contribution in [2.75, 3.05) is 0 Å². The molecule has 0 radical (unpaired) electrons. The lowest BCUT2D eigenvalue weighted by molar-refractivity contribution is 0.641. The molecule has 1 unspecified atom stereocenters. The van der Waals surface area contributed by atoms with E-state index in [1.54, 1.807) is 12.1 Å². The average molecular weight is 216 g/mol. The minimum Gasteiger partial charge on any atom is -0.240 e. The third-order valence-corrected chi connectivity index (χ3v) is 3.32. The predicted octanol–water partition coefficient (Wildman–Crippen LogP) is 3.74. The van der Waals surface area contributed by atoms with Crippen LogP contribution < -0.4 is 0 Å². The van der Waals surface area contributed by atoms with Gasteiger partial charge in [-0.1, -0.05) is 6.07 Å². The topological polar surface area (TPSA) is 12.9 Å². The van der Waals surface area contributed by atoms with Crippen LogP contribution in [0.15, 0.2) is 18.2 Å². The van der Waals surface area contributed by atoms with Gasteiger partial charge in [-0.3, -0.25) is 0 Å². The number of benzene rings is 1. The Labute approximate surface area is 84.2 Å². The van der Waals surface area contributed by atoms with Gasteiger partial charge in [-0.2, -0.15) is 0 Å². The molecule has 0 N–H and O–H groups in total. The zero-order valence-corrected chi connectivity index (χ0v) is 8.49. The van der Waals surface area contributed by atoms with Crippen LogP contribution in [0.5, 0.6) is 0 Å². The summed E-state index contributed by atoms with van der Waals surface area (Å²) in [5.74, 6) is -0.224. The van der Waals surface area contributed by atoms with Gasteiger partial charge >= 0.3 is 0 Å². The summed E-state index contributed by atoms with van der Waals surface area (Å²) in [7, 11) is 0. The number of rotatable bonds is 1. The fourth-order valence-electron chi connectivity index (χ4n) is 1.10. The van der Waals surface area contributed by atoms with Crippen molar-refractivity contribution in [3.05, 3.63) is 29.0 Å². The minimum absolute atomic E-state index is 0.156. The highest BCUT2D eigenvalue weighted by Crippen LogP contribution is 2.30. The molecule has 0 saturated heterocycles. The molecule has 0 aliphatic carbocycles. The average Bonchev–Trinajstić information content (AvgIpc) is 2.49. The highest BCUT2D eigenvalue weighted by Gasteiger charge is 2.10. The van der Waals surface area contributed by atoms with E-state index in [9.17, 15) is 4.39 Å². The number of halogens is 2. The van der Waals surface area contributed by atoms with Gasteiger partial charge in [0, 0.05) is 0 Å². The fraction of sp³-hybridized carbons (Fsp3) is 0.222. The molecule has 0 saturated carbocycles. The number of fused-ring (bicyclic) bond motifs is 1. The van der Waals surface area contributed by atoms with E-state index in [1.165, 1.54) is 17.4 Å². The Morgan fingerprint density at radius 2 is 2.31 bits per heavy atom. The molecule has 1 aromatic carbocycles. The van der Waals surface area contributed by atoms with Gasteiger partial charge in [-0.25, -0.2) is 9.37 Å². The summed E-state index contributed by atoms with van der Waals surface area (Å²) in [6, 6.07) is 4.88. The maximum atomic E-state index is 13.2. The van der Waals surface area contributed by atoms with E-state index in [0.717, 1.165) is 5.01 Å². The van der Waals surface area contributed by atoms with E-state index in [0.29, 0.717) is 10.2 Å². The second-order valence-electron chi connectivity index (χ2n) is 2.76. The summed E-state index contributed by atoms with van der Waals surface area (Å²) in [6.07, 6.45) is 0. The van der Waals surface area contributed by atoms with Crippen molar-refractivity contribution in [2.24, 2.45) is 0 Å². The van der Waals surface area contributed by atoms with Crippen LogP contribution in [-0.2, 0) is 0 Å². The Bertz CT molecular complexity index is 438. The van der Waals surface area contributed by atoms with E-state index < -0.39 is 0 Å². The third-order valence-electron chi connectivity index (χ3n) is 1.72. The molecule has 0 aliphatic heterocycles. The number of hydrogen-bond donors (Lipinski definition) is 0. The number of thiazole rings is 1. The van der Waals surface area contributed by atoms with Crippen molar-refractivity contribution < 1.29 is 4.39 Å². The number of aromatic nitrogens is 1. The Morgan fingerprint density at radius 3 is 2.92 bits per heavy atom. The number of alkyl halides is 1. The van der Waals surface area contributed by atoms with Crippen LogP contribution in [0.1, 0.15) is 17.3 Å². The van der Waals surface area contributed by atoms with Gasteiger partial charge in [0.05, 0.1) is 15.6 Å². The molecule has 1 heterocycles. The lowest BCUT2D eigenvalue weighted by Crippen LogP contribution is -1.79. The first kappa shape index (κ1) is 8.91. The quantitative estimate of drug-likeness (QED) is 0.661. The molecular weight excluding hydrogens is 209 g/mol. The smallest absolute Gasteiger partial charge is 0.142 e. The first-order valence-electron chi connectivity index (χ1n) is 3.87. The third kappa shape index (κ3) is 1.54. The maximum absolute atomic E-state index is 13.2. The van der Waals surface area contributed by atoms with Crippen LogP contribution in [-0.4, -0.2) is 4.98 Å². The molecule has 0 bridgehead atoms. The van der Waals surface area contributed by atoms with Crippen LogP contribution in [0.2, 0.25) is 0 Å². The molecule has 1 aromatic heterocycles. The van der Waals surface area contributed by atoms with Crippen LogP contribution in [0.3, 0.4) is 0 Å². The van der Waals surface area contributed by atoms with Crippen molar-refractivity contribution in [3.63, 3.8) is 0 Å². The highest BCUT2D eigenvalue weighted by atomic mass is 35.5. The summed E-state index contributed by atoms with van der Waals surface area (Å²) in [4.78, 5) is 4.22. The van der Waals surface area contributed by atoms with E-state index in [-0.39, 0.29) is 11.2 Å². The van der Waals surface area contributed by atoms with E-state index in [1.807, 2.05) is 6.92 Å². The maximum Gasteiger partial charge on any atom is 0.142 e. The molecule has 1 atom stereocenters. The second-order valence-corrected chi connectivity index (χ2v) is 4.44. The van der Waals surface area contributed by atoms with Gasteiger partial charge < -0.3 is 0 Å². The van der Waals surface area contributed by atoms with Gasteiger partial charge in [0.2, 0.25) is 0 Å². The molecule has 13 heavy (non-hydrogen) atoms. The van der Waals surface area contributed by atoms with Gasteiger partial charge in [-0.15, -0.1) is 22.9 Å². The molecular formula is C9H7ClFNS. The van der Waals surface area contributed by atoms with Gasteiger partial charge in [0.15, 0.2) is 0 Å². The van der Waals surface area contributed by atoms with Gasteiger partial charge in [-0.05, 0) is 19.1 Å². The zero-order valence-electron chi connectivity index (χ0n) is 6.92. The minimum atomic E-state index is -0.224. The monoisotopic (exact) mass is 215 g/mol. The highest BCUT2D eigenvalue weighted by molar-refractivity contribution is 7.18. The molecule has 0 spiro atoms. The second kappa shape index (κ2) is 3.24. The normalized spacial score (nSPS) is 13.5. The van der Waals surface area contributed by atoms with Crippen LogP contribution in [0, 0.1) is 5.82 Å². The Kier molecular flexibility index (Phi) is 2.22. The van der Waals surface area contributed by atoms with E-state index in [4.69, 9.17) is 11.6 Å². The van der Waals surface area contributed by atoms with Crippen LogP contribution >= 0.6 is 22.9 Å². The van der Waals surface area contributed by atoms with Crippen molar-refractivity contribution >= 4 is 33.2 Å². The summed E-state index contributed by atoms with van der Waals surface area (Å²) < 4.78 is 13.8. The lowest BCUT2D eigenvalue weighted by atomic mass is 10.3. The lowest BCUT2D eigenvalue weighted by Gasteiger charge is -1.91. The first-order chi connectivity index (χ1) is 6.18. The van der Waals surface area contributed by atoms with Crippen molar-refractivity contribution in [2.45, 2.75) is 12.3 Å². The van der Waals surface area contributed by atoms with E-state index >= 15 is 0 Å². The van der Waals surface area contributed by atoms with Crippen molar-refractivity contribution in [1.82, 2.24) is 4.98 Å². The molecule has 68 valence electrons. The zero-order chi connectivity index (χ0) is 9.42. The first-order valence-corrected chi connectivity index (χ1v) is 5.13. The standard InChI is InChI=1S/C9H7ClFNS/c1-5(10)9-12-7-4-2-3-6(11)8(7)13-9/h2-5H,1H3. The predicted molar refractivity (Wildman–Crippen MR) is 53.8 cm³/mol. The van der Waals surface area contributed by atoms with Gasteiger partial charge in [0.1, 0.15) is 10.8 Å². The Hall–Kier alpha value is -0.670. The Balaban J connectivity index is 2.68. The molecule has 0 fully saturated rings. The molecule has 1 nitrogen and oxygen atoms in total. The fourth-order valence-corrected chi connectivity index (χ4v) is 2.18. The van der Waals surface area contributed by atoms with Crippen molar-refractivity contribution in [3.8, 4) is 0 Å². The van der Waals surface area contributed by atoms with Gasteiger partial charge in [0.25, 0.3) is 0 Å². The molecule has 0 amide bonds. The summed E-state index contributed by atoms with van der Waals surface area (Å²) >= 11 is 7.17. The number of nitrogens with zero attached hydrogens (tertiary/aromatic N) is 1. The summed E-state index contributed by atoms with van der Waals surface area (Å²) in [6.45, 7) is 1.83. The SMILES string of the molecule is CC(Cl)c1nc2cccc(F)c2s1. The largest absolute Gasteiger partial charge is 0.240 e. The van der Waals surface area contributed by atoms with Crippen LogP contribution in [0.25, 0.3) is 10.2 Å². The summed E-state index contributed by atoms with van der Waals surface area (Å²) in [5.41, 5.74) is 0.688. The van der Waals surface area contributed by atoms with E-state index in [2.05, 4.69) is 4.98 Å². The summed E-state index contributed by atoms with van der Waals surface area (Å²) in [5, 5.41) is 0.610. The Morgan fingerprint density at radius 1 is 1.54 bits per heavy atom. The molecule has 0 aliphatic rings. The molecule has 4 heteroatoms. The van der Waals surface area contributed by atoms with Crippen LogP contribution in [0.4, 0.5) is 4.39 Å².